The van der Waals surface area contributed by atoms with Crippen molar-refractivity contribution in [1.29, 1.82) is 5.26 Å². The lowest BCUT2D eigenvalue weighted by Crippen LogP contribution is -2.35. The summed E-state index contributed by atoms with van der Waals surface area (Å²) >= 11 is 6.71. The molecule has 0 radical (unpaired) electrons. The lowest BCUT2D eigenvalue weighted by atomic mass is 9.89. The van der Waals surface area contributed by atoms with Crippen molar-refractivity contribution in [2.75, 3.05) is 5.32 Å². The molecular formula is C32H26ClF4N7. The summed E-state index contributed by atoms with van der Waals surface area (Å²) in [5.41, 5.74) is 0.0983. The summed E-state index contributed by atoms with van der Waals surface area (Å²) in [6, 6.07) is 20.2. The summed E-state index contributed by atoms with van der Waals surface area (Å²) in [4.78, 5) is 8.81. The maximum atomic E-state index is 13.9. The molecular weight excluding hydrogens is 594 g/mol. The Bertz CT molecular complexity index is 1870. The molecule has 1 saturated carbocycles. The van der Waals surface area contributed by atoms with Gasteiger partial charge in [-0.25, -0.2) is 19.0 Å². The zero-order valence-corrected chi connectivity index (χ0v) is 23.9. The van der Waals surface area contributed by atoms with E-state index >= 15 is 0 Å². The highest BCUT2D eigenvalue weighted by Gasteiger charge is 2.66. The summed E-state index contributed by atoms with van der Waals surface area (Å²) in [7, 11) is 0. The van der Waals surface area contributed by atoms with Gasteiger partial charge < -0.3 is 5.32 Å². The van der Waals surface area contributed by atoms with E-state index in [9.17, 15) is 24.2 Å². The predicted molar refractivity (Wildman–Crippen MR) is 157 cm³/mol. The predicted octanol–water partition coefficient (Wildman–Crippen LogP) is 7.90. The molecule has 2 aromatic heterocycles. The first kappa shape index (κ1) is 28.2. The van der Waals surface area contributed by atoms with Gasteiger partial charge in [0.1, 0.15) is 18.0 Å². The Kier molecular flexibility index (Phi) is 7.60. The first-order valence-electron chi connectivity index (χ1n) is 14.4. The summed E-state index contributed by atoms with van der Waals surface area (Å²) < 4.78 is 65.9. The topological polar surface area (TPSA) is 92.3 Å². The number of fused-ring (bicyclic) bond motifs is 1. The van der Waals surface area contributed by atoms with E-state index in [1.165, 1.54) is 30.6 Å². The van der Waals surface area contributed by atoms with Crippen LogP contribution in [0.4, 0.5) is 23.4 Å². The molecule has 0 spiro atoms. The molecule has 2 atom stereocenters. The van der Waals surface area contributed by atoms with Crippen LogP contribution in [0.15, 0.2) is 79.3 Å². The van der Waals surface area contributed by atoms with Crippen LogP contribution in [-0.4, -0.2) is 31.1 Å². The van der Waals surface area contributed by atoms with Gasteiger partial charge in [0.25, 0.3) is 0 Å². The fourth-order valence-electron chi connectivity index (χ4n) is 5.35. The molecule has 7 nitrogen and oxygen atoms in total. The fraction of sp³-hybridized carbons (Fsp3) is 0.281. The number of aromatic nitrogens is 5. The summed E-state index contributed by atoms with van der Waals surface area (Å²) in [5, 5.41) is 21.3. The number of alkyl halides is 3. The summed E-state index contributed by atoms with van der Waals surface area (Å²) in [6.07, 6.45) is -1.52. The Morgan fingerprint density at radius 2 is 1.82 bits per heavy atom. The van der Waals surface area contributed by atoms with Crippen LogP contribution in [0.3, 0.4) is 0 Å². The smallest absolute Gasteiger partial charge is 0.363 e. The van der Waals surface area contributed by atoms with E-state index in [2.05, 4.69) is 31.7 Å². The first-order chi connectivity index (χ1) is 21.5. The SMILES string of the molecule is [2H][C@@](Cc1cc(Cl)c2ncnc(N[C@H](CCC#N)c3ccccc3)c2c1)(c1ccc(F)cc1)c1cn(C2(C(F)(F)F)CC2)nn1. The second-order valence-electron chi connectivity index (χ2n) is 10.7. The molecule has 6 rings (SSSR count). The summed E-state index contributed by atoms with van der Waals surface area (Å²) in [5.74, 6) is -1.82. The molecule has 1 aliphatic rings. The maximum absolute atomic E-state index is 13.9. The van der Waals surface area contributed by atoms with E-state index in [4.69, 9.17) is 11.6 Å². The third-order valence-electron chi connectivity index (χ3n) is 7.88. The van der Waals surface area contributed by atoms with E-state index < -0.39 is 23.4 Å². The second-order valence-corrected chi connectivity index (χ2v) is 11.1. The Hall–Kier alpha value is -4.56. The van der Waals surface area contributed by atoms with E-state index in [-0.39, 0.29) is 36.0 Å². The molecule has 44 heavy (non-hydrogen) atoms. The molecule has 2 heterocycles. The average molecular weight is 621 g/mol. The van der Waals surface area contributed by atoms with Gasteiger partial charge in [-0.3, -0.25) is 0 Å². The van der Waals surface area contributed by atoms with Crippen molar-refractivity contribution >= 4 is 28.3 Å². The fourth-order valence-corrected chi connectivity index (χ4v) is 5.64. The van der Waals surface area contributed by atoms with Crippen LogP contribution in [0.25, 0.3) is 10.9 Å². The molecule has 224 valence electrons. The Labute approximate surface area is 256 Å². The molecule has 5 aromatic rings. The lowest BCUT2D eigenvalue weighted by molar-refractivity contribution is -0.182. The molecule has 0 saturated heterocycles. The highest BCUT2D eigenvalue weighted by Crippen LogP contribution is 2.55. The number of nitrogens with zero attached hydrogens (tertiary/aromatic N) is 6. The van der Waals surface area contributed by atoms with E-state index in [0.29, 0.717) is 40.7 Å². The van der Waals surface area contributed by atoms with Crippen molar-refractivity contribution < 1.29 is 18.9 Å². The van der Waals surface area contributed by atoms with Gasteiger partial charge in [-0.05, 0) is 66.6 Å². The standard InChI is InChI=1S/C32H26ClF4N7/c33-26-17-20(16-25-29(26)39-19-40-30(25)41-27(7-4-14-38)22-5-2-1-3-6-22)15-24(21-8-10-23(34)11-9-21)28-18-44(43-42-28)31(12-13-31)32(35,36)37/h1-3,5-6,8-11,16-19,24,27H,4,7,12-13,15H2,(H,39,40,41)/t24-,27-/m1/s1/i24D. The number of halogens is 5. The van der Waals surface area contributed by atoms with Crippen LogP contribution in [0, 0.1) is 17.1 Å². The third kappa shape index (κ3) is 5.82. The monoisotopic (exact) mass is 620 g/mol. The van der Waals surface area contributed by atoms with Crippen LogP contribution in [0.1, 0.15) is 61.4 Å². The molecule has 0 unspecified atom stereocenters. The van der Waals surface area contributed by atoms with Gasteiger partial charge >= 0.3 is 6.18 Å². The van der Waals surface area contributed by atoms with Crippen LogP contribution >= 0.6 is 11.6 Å². The zero-order chi connectivity index (χ0) is 31.8. The number of rotatable bonds is 10. The first-order valence-corrected chi connectivity index (χ1v) is 14.3. The minimum atomic E-state index is -4.53. The van der Waals surface area contributed by atoms with Crippen molar-refractivity contribution in [2.45, 2.75) is 55.8 Å². The molecule has 0 amide bonds. The lowest BCUT2D eigenvalue weighted by Gasteiger charge is -2.21. The van der Waals surface area contributed by atoms with Gasteiger partial charge in [0.15, 0.2) is 5.54 Å². The van der Waals surface area contributed by atoms with Crippen LogP contribution in [0.5, 0.6) is 0 Å². The molecule has 12 heteroatoms. The van der Waals surface area contributed by atoms with Crippen molar-refractivity contribution in [2.24, 2.45) is 0 Å². The quantitative estimate of drug-likeness (QED) is 0.160. The number of nitriles is 1. The second kappa shape index (κ2) is 11.8. The van der Waals surface area contributed by atoms with Crippen LogP contribution < -0.4 is 5.32 Å². The van der Waals surface area contributed by atoms with Crippen molar-refractivity contribution in [3.63, 3.8) is 0 Å². The number of benzene rings is 3. The largest absolute Gasteiger partial charge is 0.413 e. The highest BCUT2D eigenvalue weighted by molar-refractivity contribution is 6.35. The van der Waals surface area contributed by atoms with Crippen molar-refractivity contribution in [1.82, 2.24) is 25.0 Å². The number of hydrogen-bond donors (Lipinski definition) is 1. The Morgan fingerprint density at radius 3 is 2.50 bits per heavy atom. The van der Waals surface area contributed by atoms with Gasteiger partial charge in [-0.1, -0.05) is 59.3 Å². The minimum absolute atomic E-state index is 0.0239. The highest BCUT2D eigenvalue weighted by atomic mass is 35.5. The molecule has 1 N–H and O–H groups in total. The number of anilines is 1. The molecule has 1 aliphatic carbocycles. The van der Waals surface area contributed by atoms with Crippen molar-refractivity contribution in [3.05, 3.63) is 112 Å². The number of hydrogen-bond acceptors (Lipinski definition) is 6. The Balaban J connectivity index is 1.41. The van der Waals surface area contributed by atoms with Gasteiger partial charge in [-0.2, -0.15) is 18.4 Å². The van der Waals surface area contributed by atoms with Crippen molar-refractivity contribution in [3.8, 4) is 6.07 Å². The minimum Gasteiger partial charge on any atom is -0.363 e. The third-order valence-corrected chi connectivity index (χ3v) is 8.16. The van der Waals surface area contributed by atoms with Crippen LogP contribution in [0.2, 0.25) is 5.02 Å². The zero-order valence-electron chi connectivity index (χ0n) is 24.2. The normalized spacial score (nSPS) is 16.5. The molecule has 3 aromatic carbocycles. The van der Waals surface area contributed by atoms with E-state index in [1.807, 2.05) is 30.3 Å². The van der Waals surface area contributed by atoms with E-state index in [0.717, 1.165) is 16.4 Å². The maximum Gasteiger partial charge on any atom is 0.413 e. The van der Waals surface area contributed by atoms with Gasteiger partial charge in [-0.15, -0.1) is 5.10 Å². The van der Waals surface area contributed by atoms with E-state index in [1.54, 1.807) is 12.1 Å². The molecule has 0 aliphatic heterocycles. The molecule has 1 fully saturated rings. The number of nitrogens with one attached hydrogen (secondary N) is 1. The van der Waals surface area contributed by atoms with Crippen LogP contribution in [-0.2, 0) is 12.0 Å². The van der Waals surface area contributed by atoms with Gasteiger partial charge in [0.2, 0.25) is 0 Å². The summed E-state index contributed by atoms with van der Waals surface area (Å²) in [6.45, 7) is 0. The average Bonchev–Trinajstić information content (AvgIpc) is 3.70. The van der Waals surface area contributed by atoms with Gasteiger partial charge in [0.05, 0.1) is 34.5 Å². The van der Waals surface area contributed by atoms with Gasteiger partial charge in [0, 0.05) is 19.1 Å². The molecule has 0 bridgehead atoms. The Morgan fingerprint density at radius 1 is 1.07 bits per heavy atom.